The Labute approximate surface area is 185 Å². The van der Waals surface area contributed by atoms with Crippen LogP contribution in [0.15, 0.2) is 88.8 Å². The zero-order valence-electron chi connectivity index (χ0n) is 17.2. The van der Waals surface area contributed by atoms with Crippen molar-refractivity contribution >= 4 is 28.6 Å². The van der Waals surface area contributed by atoms with Gasteiger partial charge in [0.15, 0.2) is 5.16 Å². The summed E-state index contributed by atoms with van der Waals surface area (Å²) >= 11 is 1.27. The summed E-state index contributed by atoms with van der Waals surface area (Å²) in [6, 6.07) is 25.1. The van der Waals surface area contributed by atoms with Crippen molar-refractivity contribution in [1.82, 2.24) is 14.9 Å². The molecule has 0 radical (unpaired) electrons. The summed E-state index contributed by atoms with van der Waals surface area (Å²) < 4.78 is 1.59. The van der Waals surface area contributed by atoms with Gasteiger partial charge in [-0.1, -0.05) is 71.9 Å². The van der Waals surface area contributed by atoms with Crippen LogP contribution in [0, 0.1) is 6.92 Å². The number of fused-ring (bicyclic) bond motifs is 1. The van der Waals surface area contributed by atoms with Crippen LogP contribution in [0.4, 0.5) is 0 Å². The molecule has 0 fully saturated rings. The van der Waals surface area contributed by atoms with Crippen LogP contribution < -0.4 is 10.9 Å². The van der Waals surface area contributed by atoms with E-state index >= 15 is 0 Å². The van der Waals surface area contributed by atoms with Crippen LogP contribution in [0.3, 0.4) is 0 Å². The van der Waals surface area contributed by atoms with Gasteiger partial charge < -0.3 is 5.32 Å². The van der Waals surface area contributed by atoms with Gasteiger partial charge in [0.2, 0.25) is 5.91 Å². The first-order valence-electron chi connectivity index (χ1n) is 10.1. The third-order valence-electron chi connectivity index (χ3n) is 4.92. The van der Waals surface area contributed by atoms with E-state index in [-0.39, 0.29) is 17.2 Å². The minimum Gasteiger partial charge on any atom is -0.355 e. The molecule has 0 aliphatic carbocycles. The molecule has 0 spiro atoms. The molecule has 3 aromatic carbocycles. The fourth-order valence-corrected chi connectivity index (χ4v) is 4.20. The van der Waals surface area contributed by atoms with Crippen molar-refractivity contribution in [3.8, 4) is 5.69 Å². The molecule has 5 nitrogen and oxygen atoms in total. The van der Waals surface area contributed by atoms with Gasteiger partial charge in [0.1, 0.15) is 0 Å². The standard InChI is InChI=1S/C25H23N3O2S/c1-18-12-13-22-21(16-18)24(30)28(20-10-6-3-7-11-20)25(27-22)31-17-23(29)26-15-14-19-8-4-2-5-9-19/h2-13,16H,14-15,17H2,1H3,(H,26,29). The molecule has 0 aliphatic heterocycles. The molecule has 0 atom stereocenters. The minimum absolute atomic E-state index is 0.0844. The maximum absolute atomic E-state index is 13.3. The Kier molecular flexibility index (Phi) is 6.48. The van der Waals surface area contributed by atoms with Crippen LogP contribution in [-0.2, 0) is 11.2 Å². The van der Waals surface area contributed by atoms with Gasteiger partial charge in [-0.15, -0.1) is 0 Å². The largest absolute Gasteiger partial charge is 0.355 e. The molecule has 156 valence electrons. The Hall–Kier alpha value is -3.38. The molecular formula is C25H23N3O2S. The summed E-state index contributed by atoms with van der Waals surface area (Å²) in [6.07, 6.45) is 0.777. The molecule has 1 amide bonds. The Bertz CT molecular complexity index is 1250. The molecule has 6 heteroatoms. The van der Waals surface area contributed by atoms with Crippen molar-refractivity contribution in [1.29, 1.82) is 0 Å². The number of aryl methyl sites for hydroxylation is 1. The van der Waals surface area contributed by atoms with Crippen LogP contribution in [0.25, 0.3) is 16.6 Å². The number of hydrogen-bond donors (Lipinski definition) is 1. The Balaban J connectivity index is 1.54. The Morgan fingerprint density at radius 3 is 2.45 bits per heavy atom. The maximum Gasteiger partial charge on any atom is 0.266 e. The quantitative estimate of drug-likeness (QED) is 0.354. The average molecular weight is 430 g/mol. The summed E-state index contributed by atoms with van der Waals surface area (Å²) in [6.45, 7) is 2.52. The summed E-state index contributed by atoms with van der Waals surface area (Å²) in [5, 5.41) is 4.02. The molecule has 1 aromatic heterocycles. The highest BCUT2D eigenvalue weighted by Crippen LogP contribution is 2.21. The molecule has 31 heavy (non-hydrogen) atoms. The molecule has 0 aliphatic rings. The monoisotopic (exact) mass is 429 g/mol. The van der Waals surface area contributed by atoms with E-state index in [2.05, 4.69) is 5.32 Å². The second kappa shape index (κ2) is 9.62. The first-order chi connectivity index (χ1) is 15.1. The van der Waals surface area contributed by atoms with Crippen molar-refractivity contribution < 1.29 is 4.79 Å². The maximum atomic E-state index is 13.3. The van der Waals surface area contributed by atoms with E-state index in [1.807, 2.05) is 85.8 Å². The molecule has 0 saturated carbocycles. The Morgan fingerprint density at radius 2 is 1.71 bits per heavy atom. The zero-order chi connectivity index (χ0) is 21.6. The van der Waals surface area contributed by atoms with Gasteiger partial charge in [-0.2, -0.15) is 0 Å². The summed E-state index contributed by atoms with van der Waals surface area (Å²) in [5.74, 6) is 0.101. The molecule has 0 saturated heterocycles. The number of carbonyl (C=O) groups excluding carboxylic acids is 1. The number of carbonyl (C=O) groups is 1. The van der Waals surface area contributed by atoms with Crippen LogP contribution in [0.5, 0.6) is 0 Å². The van der Waals surface area contributed by atoms with Crippen LogP contribution >= 0.6 is 11.8 Å². The number of hydrogen-bond acceptors (Lipinski definition) is 4. The molecule has 1 N–H and O–H groups in total. The van der Waals surface area contributed by atoms with E-state index < -0.39 is 0 Å². The Morgan fingerprint density at radius 1 is 1.00 bits per heavy atom. The van der Waals surface area contributed by atoms with Gasteiger partial charge in [0.25, 0.3) is 5.56 Å². The number of rotatable bonds is 7. The lowest BCUT2D eigenvalue weighted by Gasteiger charge is -2.13. The number of aromatic nitrogens is 2. The smallest absolute Gasteiger partial charge is 0.266 e. The first-order valence-corrected chi connectivity index (χ1v) is 11.1. The van der Waals surface area contributed by atoms with E-state index in [0.717, 1.165) is 17.7 Å². The normalized spacial score (nSPS) is 10.9. The summed E-state index contributed by atoms with van der Waals surface area (Å²) in [5.41, 5.74) is 3.42. The molecular weight excluding hydrogens is 406 g/mol. The molecule has 4 aromatic rings. The van der Waals surface area contributed by atoms with Crippen molar-refractivity contribution in [2.45, 2.75) is 18.5 Å². The molecule has 0 unspecified atom stereocenters. The number of nitrogens with one attached hydrogen (secondary N) is 1. The topological polar surface area (TPSA) is 64.0 Å². The van der Waals surface area contributed by atoms with E-state index in [1.165, 1.54) is 17.3 Å². The lowest BCUT2D eigenvalue weighted by Crippen LogP contribution is -2.28. The van der Waals surface area contributed by atoms with E-state index in [0.29, 0.717) is 22.6 Å². The van der Waals surface area contributed by atoms with E-state index in [9.17, 15) is 9.59 Å². The third-order valence-corrected chi connectivity index (χ3v) is 5.86. The van der Waals surface area contributed by atoms with Crippen molar-refractivity contribution in [2.75, 3.05) is 12.3 Å². The summed E-state index contributed by atoms with van der Waals surface area (Å²) in [4.78, 5) is 30.4. The van der Waals surface area contributed by atoms with E-state index in [4.69, 9.17) is 4.98 Å². The highest BCUT2D eigenvalue weighted by molar-refractivity contribution is 7.99. The van der Waals surface area contributed by atoms with Crippen LogP contribution in [0.2, 0.25) is 0 Å². The SMILES string of the molecule is Cc1ccc2nc(SCC(=O)NCCc3ccccc3)n(-c3ccccc3)c(=O)c2c1. The van der Waals surface area contributed by atoms with Crippen LogP contribution in [0.1, 0.15) is 11.1 Å². The number of amides is 1. The zero-order valence-corrected chi connectivity index (χ0v) is 18.1. The second-order valence-corrected chi connectivity index (χ2v) is 8.21. The number of thioether (sulfide) groups is 1. The molecule has 4 rings (SSSR count). The van der Waals surface area contributed by atoms with Gasteiger partial charge >= 0.3 is 0 Å². The highest BCUT2D eigenvalue weighted by Gasteiger charge is 2.15. The second-order valence-electron chi connectivity index (χ2n) is 7.27. The van der Waals surface area contributed by atoms with Crippen molar-refractivity contribution in [2.24, 2.45) is 0 Å². The number of benzene rings is 3. The fraction of sp³-hybridized carbons (Fsp3) is 0.160. The average Bonchev–Trinajstić information content (AvgIpc) is 2.79. The first kappa shape index (κ1) is 20.9. The highest BCUT2D eigenvalue weighted by atomic mass is 32.2. The van der Waals surface area contributed by atoms with Gasteiger partial charge in [-0.25, -0.2) is 4.98 Å². The molecule has 1 heterocycles. The van der Waals surface area contributed by atoms with E-state index in [1.54, 1.807) is 4.57 Å². The van der Waals surface area contributed by atoms with Gasteiger partial charge in [0, 0.05) is 6.54 Å². The molecule has 0 bridgehead atoms. The van der Waals surface area contributed by atoms with Gasteiger partial charge in [-0.3, -0.25) is 14.2 Å². The predicted molar refractivity (Wildman–Crippen MR) is 126 cm³/mol. The lowest BCUT2D eigenvalue weighted by molar-refractivity contribution is -0.118. The minimum atomic E-state index is -0.133. The van der Waals surface area contributed by atoms with Gasteiger partial charge in [-0.05, 0) is 43.2 Å². The summed E-state index contributed by atoms with van der Waals surface area (Å²) in [7, 11) is 0. The fourth-order valence-electron chi connectivity index (χ4n) is 3.35. The van der Waals surface area contributed by atoms with Crippen LogP contribution in [-0.4, -0.2) is 27.8 Å². The number of nitrogens with zero attached hydrogens (tertiary/aromatic N) is 2. The third kappa shape index (κ3) is 5.03. The number of para-hydroxylation sites is 1. The lowest BCUT2D eigenvalue weighted by atomic mass is 10.1. The van der Waals surface area contributed by atoms with Gasteiger partial charge in [0.05, 0.1) is 22.3 Å². The predicted octanol–water partition coefficient (Wildman–Crippen LogP) is 4.15. The van der Waals surface area contributed by atoms with Crippen molar-refractivity contribution in [3.63, 3.8) is 0 Å². The van der Waals surface area contributed by atoms with Crippen molar-refractivity contribution in [3.05, 3.63) is 100 Å².